The van der Waals surface area contributed by atoms with Crippen LogP contribution in [0.4, 0.5) is 8.78 Å². The Bertz CT molecular complexity index is 471. The van der Waals surface area contributed by atoms with Crippen LogP contribution in [0.1, 0.15) is 12.0 Å². The molecule has 1 aromatic rings. The largest absolute Gasteiger partial charge is 0.394 e. The second kappa shape index (κ2) is 4.97. The second-order valence-electron chi connectivity index (χ2n) is 4.14. The van der Waals surface area contributed by atoms with Gasteiger partial charge in [-0.15, -0.1) is 0 Å². The SMILES string of the molecule is OC[C@H]1O[C@@](O)(c2cc(I)c(F)cc2F)C[C@@H]1O. The van der Waals surface area contributed by atoms with Crippen LogP contribution >= 0.6 is 22.6 Å². The van der Waals surface area contributed by atoms with Crippen molar-refractivity contribution in [3.05, 3.63) is 32.9 Å². The monoisotopic (exact) mass is 372 g/mol. The molecule has 0 spiro atoms. The van der Waals surface area contributed by atoms with Crippen LogP contribution in [0.15, 0.2) is 12.1 Å². The Balaban J connectivity index is 2.40. The van der Waals surface area contributed by atoms with Gasteiger partial charge in [-0.2, -0.15) is 0 Å². The third kappa shape index (κ3) is 2.37. The van der Waals surface area contributed by atoms with Crippen molar-refractivity contribution in [2.75, 3.05) is 6.61 Å². The van der Waals surface area contributed by atoms with Crippen LogP contribution in [-0.2, 0) is 10.5 Å². The molecule has 1 aliphatic rings. The minimum absolute atomic E-state index is 0.128. The van der Waals surface area contributed by atoms with E-state index in [1.54, 1.807) is 22.6 Å². The van der Waals surface area contributed by atoms with Crippen molar-refractivity contribution < 1.29 is 28.8 Å². The van der Waals surface area contributed by atoms with Gasteiger partial charge >= 0.3 is 0 Å². The third-order valence-electron chi connectivity index (χ3n) is 2.87. The fourth-order valence-electron chi connectivity index (χ4n) is 1.95. The summed E-state index contributed by atoms with van der Waals surface area (Å²) in [6.45, 7) is -0.497. The minimum Gasteiger partial charge on any atom is -0.394 e. The molecule has 0 aliphatic carbocycles. The van der Waals surface area contributed by atoms with E-state index >= 15 is 0 Å². The number of aliphatic hydroxyl groups excluding tert-OH is 2. The van der Waals surface area contributed by atoms with Crippen LogP contribution in [0.5, 0.6) is 0 Å². The van der Waals surface area contributed by atoms with Gasteiger partial charge < -0.3 is 20.1 Å². The zero-order chi connectivity index (χ0) is 13.5. The van der Waals surface area contributed by atoms with Gasteiger partial charge in [-0.05, 0) is 28.7 Å². The first-order chi connectivity index (χ1) is 8.37. The van der Waals surface area contributed by atoms with E-state index in [4.69, 9.17) is 9.84 Å². The summed E-state index contributed by atoms with van der Waals surface area (Å²) in [7, 11) is 0. The summed E-state index contributed by atoms with van der Waals surface area (Å²) in [5.41, 5.74) is -0.247. The van der Waals surface area contributed by atoms with Crippen molar-refractivity contribution in [3.8, 4) is 0 Å². The smallest absolute Gasteiger partial charge is 0.198 e. The summed E-state index contributed by atoms with van der Waals surface area (Å²) < 4.78 is 32.0. The molecule has 1 heterocycles. The lowest BCUT2D eigenvalue weighted by Gasteiger charge is -2.23. The van der Waals surface area contributed by atoms with Crippen LogP contribution in [0.2, 0.25) is 0 Å². The van der Waals surface area contributed by atoms with Crippen molar-refractivity contribution in [1.29, 1.82) is 0 Å². The first-order valence-electron chi connectivity index (χ1n) is 5.21. The van der Waals surface area contributed by atoms with Crippen molar-refractivity contribution in [3.63, 3.8) is 0 Å². The molecule has 0 radical (unpaired) electrons. The minimum atomic E-state index is -2.05. The number of hydrogen-bond donors (Lipinski definition) is 3. The molecule has 0 amide bonds. The van der Waals surface area contributed by atoms with Crippen molar-refractivity contribution in [2.24, 2.45) is 0 Å². The van der Waals surface area contributed by atoms with E-state index in [1.165, 1.54) is 0 Å². The Kier molecular flexibility index (Phi) is 3.88. The zero-order valence-electron chi connectivity index (χ0n) is 9.11. The molecule has 1 saturated heterocycles. The van der Waals surface area contributed by atoms with Gasteiger partial charge in [0.15, 0.2) is 5.79 Å². The molecule has 7 heteroatoms. The highest BCUT2D eigenvalue weighted by Gasteiger charge is 2.47. The van der Waals surface area contributed by atoms with Crippen LogP contribution in [0.3, 0.4) is 0 Å². The van der Waals surface area contributed by atoms with Crippen molar-refractivity contribution >= 4 is 22.6 Å². The second-order valence-corrected chi connectivity index (χ2v) is 5.30. The summed E-state index contributed by atoms with van der Waals surface area (Å²) in [6.07, 6.45) is -2.38. The molecule has 0 aromatic heterocycles. The summed E-state index contributed by atoms with van der Waals surface area (Å²) in [5, 5.41) is 28.7. The van der Waals surface area contributed by atoms with Gasteiger partial charge in [-0.1, -0.05) is 0 Å². The lowest BCUT2D eigenvalue weighted by Crippen LogP contribution is -2.28. The van der Waals surface area contributed by atoms with Gasteiger partial charge in [0, 0.05) is 21.6 Å². The van der Waals surface area contributed by atoms with E-state index < -0.39 is 36.2 Å². The van der Waals surface area contributed by atoms with Gasteiger partial charge in [-0.25, -0.2) is 8.78 Å². The van der Waals surface area contributed by atoms with Crippen molar-refractivity contribution in [2.45, 2.75) is 24.4 Å². The van der Waals surface area contributed by atoms with E-state index in [0.29, 0.717) is 6.07 Å². The molecule has 1 aliphatic heterocycles. The fraction of sp³-hybridized carbons (Fsp3) is 0.455. The number of halogens is 3. The van der Waals surface area contributed by atoms with E-state index in [1.807, 2.05) is 0 Å². The highest BCUT2D eigenvalue weighted by molar-refractivity contribution is 14.1. The summed E-state index contributed by atoms with van der Waals surface area (Å²) in [6, 6.07) is 1.77. The van der Waals surface area contributed by atoms with Gasteiger partial charge in [0.05, 0.1) is 12.7 Å². The molecule has 18 heavy (non-hydrogen) atoms. The van der Waals surface area contributed by atoms with Gasteiger partial charge in [-0.3, -0.25) is 0 Å². The standard InChI is InChI=1S/C11H11F2IO4/c12-6-2-7(13)8(14)1-5(6)11(17)3-9(16)10(4-15)18-11/h1-2,9-10,15-17H,3-4H2/t9-,10+,11+/m0/s1. The average molecular weight is 372 g/mol. The number of benzene rings is 1. The maximum atomic E-state index is 13.7. The highest BCUT2D eigenvalue weighted by Crippen LogP contribution is 2.39. The summed E-state index contributed by atoms with van der Waals surface area (Å²) in [5.74, 6) is -3.75. The molecule has 0 unspecified atom stereocenters. The average Bonchev–Trinajstić information content (AvgIpc) is 2.59. The lowest BCUT2D eigenvalue weighted by molar-refractivity contribution is -0.208. The molecule has 0 saturated carbocycles. The van der Waals surface area contributed by atoms with Crippen LogP contribution in [0.25, 0.3) is 0 Å². The zero-order valence-corrected chi connectivity index (χ0v) is 11.3. The Labute approximate surface area is 115 Å². The fourth-order valence-corrected chi connectivity index (χ4v) is 2.41. The molecule has 2 rings (SSSR count). The van der Waals surface area contributed by atoms with Crippen LogP contribution < -0.4 is 0 Å². The number of hydrogen-bond acceptors (Lipinski definition) is 4. The van der Waals surface area contributed by atoms with Gasteiger partial charge in [0.2, 0.25) is 0 Å². The van der Waals surface area contributed by atoms with Crippen LogP contribution in [0, 0.1) is 15.2 Å². The Morgan fingerprint density at radius 3 is 2.61 bits per heavy atom. The number of aliphatic hydroxyl groups is 3. The normalized spacial score (nSPS) is 31.9. The van der Waals surface area contributed by atoms with E-state index in [-0.39, 0.29) is 15.6 Å². The molecular weight excluding hydrogens is 361 g/mol. The molecule has 4 nitrogen and oxygen atoms in total. The first kappa shape index (κ1) is 14.1. The summed E-state index contributed by atoms with van der Waals surface area (Å²) >= 11 is 1.66. The lowest BCUT2D eigenvalue weighted by atomic mass is 10.0. The molecule has 3 N–H and O–H groups in total. The Morgan fingerprint density at radius 2 is 2.06 bits per heavy atom. The molecular formula is C11H11F2IO4. The first-order valence-corrected chi connectivity index (χ1v) is 6.29. The quantitative estimate of drug-likeness (QED) is 0.532. The maximum Gasteiger partial charge on any atom is 0.198 e. The number of ether oxygens (including phenoxy) is 1. The predicted octanol–water partition coefficient (Wildman–Crippen LogP) is 0.857. The molecule has 100 valence electrons. The maximum absolute atomic E-state index is 13.7. The molecule has 1 aromatic carbocycles. The van der Waals surface area contributed by atoms with Crippen molar-refractivity contribution in [1.82, 2.24) is 0 Å². The molecule has 1 fully saturated rings. The van der Waals surface area contributed by atoms with E-state index in [2.05, 4.69) is 0 Å². The Morgan fingerprint density at radius 1 is 1.39 bits per heavy atom. The Hall–Kier alpha value is -0.350. The number of rotatable bonds is 2. The summed E-state index contributed by atoms with van der Waals surface area (Å²) in [4.78, 5) is 0. The predicted molar refractivity (Wildman–Crippen MR) is 65.6 cm³/mol. The third-order valence-corrected chi connectivity index (χ3v) is 3.70. The van der Waals surface area contributed by atoms with Gasteiger partial charge in [0.1, 0.15) is 17.7 Å². The molecule has 0 bridgehead atoms. The van der Waals surface area contributed by atoms with Gasteiger partial charge in [0.25, 0.3) is 0 Å². The van der Waals surface area contributed by atoms with E-state index in [0.717, 1.165) is 6.07 Å². The van der Waals surface area contributed by atoms with Crippen LogP contribution in [-0.4, -0.2) is 34.1 Å². The molecule has 3 atom stereocenters. The highest BCUT2D eigenvalue weighted by atomic mass is 127. The topological polar surface area (TPSA) is 69.9 Å². The van der Waals surface area contributed by atoms with E-state index in [9.17, 15) is 19.0 Å².